The van der Waals surface area contributed by atoms with Crippen molar-refractivity contribution in [1.29, 1.82) is 0 Å². The number of nitrogens with one attached hydrogen (secondary N) is 1. The fraction of sp³-hybridized carbons (Fsp3) is 0.500. The molecule has 3 heteroatoms. The molecule has 1 N–H and O–H groups in total. The summed E-state index contributed by atoms with van der Waals surface area (Å²) in [7, 11) is 3.91. The van der Waals surface area contributed by atoms with E-state index in [1.807, 2.05) is 14.1 Å². The van der Waals surface area contributed by atoms with Gasteiger partial charge in [0.25, 0.3) is 0 Å². The van der Waals surface area contributed by atoms with Crippen LogP contribution < -0.4 is 5.32 Å². The summed E-state index contributed by atoms with van der Waals surface area (Å²) in [5.74, 6) is -0.133. The van der Waals surface area contributed by atoms with Crippen LogP contribution in [0.25, 0.3) is 0 Å². The summed E-state index contributed by atoms with van der Waals surface area (Å²) in [6.07, 6.45) is 7.43. The van der Waals surface area contributed by atoms with Crippen LogP contribution in [-0.4, -0.2) is 37.6 Å². The Morgan fingerprint density at radius 3 is 2.77 bits per heavy atom. The van der Waals surface area contributed by atoms with E-state index in [1.165, 1.54) is 6.08 Å². The molecule has 72 valence electrons. The Labute approximate surface area is 80.0 Å². The van der Waals surface area contributed by atoms with Gasteiger partial charge < -0.3 is 5.32 Å². The molecule has 0 saturated carbocycles. The van der Waals surface area contributed by atoms with E-state index in [-0.39, 0.29) is 5.91 Å². The van der Waals surface area contributed by atoms with Crippen molar-refractivity contribution >= 4 is 5.91 Å². The van der Waals surface area contributed by atoms with Gasteiger partial charge in [0.15, 0.2) is 0 Å². The number of carbonyl (C=O) groups is 1. The van der Waals surface area contributed by atoms with Crippen molar-refractivity contribution in [2.75, 3.05) is 27.2 Å². The number of carbonyl (C=O) groups excluding carboxylic acids is 1. The number of quaternary nitrogens is 1. The topological polar surface area (TPSA) is 29.1 Å². The van der Waals surface area contributed by atoms with Gasteiger partial charge in [-0.05, 0) is 6.08 Å². The van der Waals surface area contributed by atoms with Gasteiger partial charge in [-0.3, -0.25) is 9.28 Å². The fourth-order valence-corrected chi connectivity index (χ4v) is 0.823. The van der Waals surface area contributed by atoms with E-state index in [0.717, 1.165) is 13.0 Å². The van der Waals surface area contributed by atoms with Crippen LogP contribution in [0, 0.1) is 12.5 Å². The minimum atomic E-state index is -0.133. The molecule has 0 fully saturated rings. The second kappa shape index (κ2) is 5.39. The largest absolute Gasteiger partial charge is 0.352 e. The highest BCUT2D eigenvalue weighted by molar-refractivity contribution is 5.86. The number of hydrogen-bond acceptors (Lipinski definition) is 1. The molecule has 0 aromatic rings. The summed E-state index contributed by atoms with van der Waals surface area (Å²) in [5, 5.41) is 2.69. The summed E-state index contributed by atoms with van der Waals surface area (Å²) in [6.45, 7) is 4.86. The number of terminal acetylenes is 1. The predicted molar refractivity (Wildman–Crippen MR) is 53.6 cm³/mol. The van der Waals surface area contributed by atoms with E-state index in [0.29, 0.717) is 11.0 Å². The summed E-state index contributed by atoms with van der Waals surface area (Å²) in [4.78, 5) is 10.7. The molecule has 1 amide bonds. The SMILES string of the molecule is C#C[N+](C)(C)CCCNC(=O)C=C. The van der Waals surface area contributed by atoms with Gasteiger partial charge in [0, 0.05) is 13.0 Å². The summed E-state index contributed by atoms with van der Waals surface area (Å²) in [5.41, 5.74) is 0. The third-order valence-electron chi connectivity index (χ3n) is 1.73. The minimum Gasteiger partial charge on any atom is -0.352 e. The van der Waals surface area contributed by atoms with Crippen molar-refractivity contribution < 1.29 is 9.28 Å². The van der Waals surface area contributed by atoms with Crippen molar-refractivity contribution in [2.45, 2.75) is 6.42 Å². The molecule has 0 saturated heterocycles. The first-order chi connectivity index (χ1) is 6.02. The van der Waals surface area contributed by atoms with Gasteiger partial charge in [0.05, 0.1) is 20.6 Å². The van der Waals surface area contributed by atoms with E-state index >= 15 is 0 Å². The minimum absolute atomic E-state index is 0.133. The first kappa shape index (κ1) is 11.7. The fourth-order valence-electron chi connectivity index (χ4n) is 0.823. The normalized spacial score (nSPS) is 10.2. The van der Waals surface area contributed by atoms with Crippen molar-refractivity contribution in [2.24, 2.45) is 0 Å². The lowest BCUT2D eigenvalue weighted by molar-refractivity contribution is -0.822. The van der Waals surface area contributed by atoms with Crippen LogP contribution >= 0.6 is 0 Å². The molecule has 0 aliphatic heterocycles. The summed E-state index contributed by atoms with van der Waals surface area (Å²) < 4.78 is 0.532. The molecular formula is C10H17N2O+. The van der Waals surface area contributed by atoms with Gasteiger partial charge in [0.1, 0.15) is 6.04 Å². The average molecular weight is 181 g/mol. The van der Waals surface area contributed by atoms with Gasteiger partial charge in [-0.15, -0.1) is 0 Å². The number of rotatable bonds is 5. The molecule has 0 unspecified atom stereocenters. The Hall–Kier alpha value is -1.27. The lowest BCUT2D eigenvalue weighted by atomic mass is 10.3. The van der Waals surface area contributed by atoms with Gasteiger partial charge in [-0.1, -0.05) is 13.0 Å². The smallest absolute Gasteiger partial charge is 0.243 e. The number of hydrogen-bond donors (Lipinski definition) is 1. The second-order valence-corrected chi connectivity index (χ2v) is 3.39. The highest BCUT2D eigenvalue weighted by Gasteiger charge is 2.10. The Morgan fingerprint density at radius 1 is 1.69 bits per heavy atom. The molecule has 0 aromatic heterocycles. The molecule has 0 aromatic carbocycles. The quantitative estimate of drug-likeness (QED) is 0.282. The maximum absolute atomic E-state index is 10.7. The zero-order chi connectivity index (χ0) is 10.3. The molecule has 0 rings (SSSR count). The van der Waals surface area contributed by atoms with Gasteiger partial charge in [-0.25, -0.2) is 0 Å². The Kier molecular flexibility index (Phi) is 4.86. The lowest BCUT2D eigenvalue weighted by Gasteiger charge is -2.20. The highest BCUT2D eigenvalue weighted by Crippen LogP contribution is 1.94. The van der Waals surface area contributed by atoms with Crippen molar-refractivity contribution in [1.82, 2.24) is 5.32 Å². The first-order valence-electron chi connectivity index (χ1n) is 4.23. The summed E-state index contributed by atoms with van der Waals surface area (Å²) >= 11 is 0. The molecule has 0 aliphatic carbocycles. The third kappa shape index (κ3) is 5.94. The maximum atomic E-state index is 10.7. The Morgan fingerprint density at radius 2 is 2.31 bits per heavy atom. The molecule has 0 aliphatic rings. The van der Waals surface area contributed by atoms with Crippen LogP contribution in [0.5, 0.6) is 0 Å². The predicted octanol–water partition coefficient (Wildman–Crippen LogP) is 0.346. The van der Waals surface area contributed by atoms with E-state index in [1.54, 1.807) is 0 Å². The number of nitrogens with zero attached hydrogens (tertiary/aromatic N) is 1. The Bertz CT molecular complexity index is 226. The molecule has 0 radical (unpaired) electrons. The van der Waals surface area contributed by atoms with Crippen LogP contribution in [-0.2, 0) is 4.79 Å². The van der Waals surface area contributed by atoms with Crippen LogP contribution in [0.2, 0.25) is 0 Å². The zero-order valence-corrected chi connectivity index (χ0v) is 8.34. The monoisotopic (exact) mass is 181 g/mol. The standard InChI is InChI=1S/C10H16N2O/c1-5-10(13)11-8-7-9-12(3,4)6-2/h2,5H,1,7-9H2,3-4H3/p+1. The molecular weight excluding hydrogens is 164 g/mol. The average Bonchev–Trinajstić information content (AvgIpc) is 2.12. The van der Waals surface area contributed by atoms with Crippen LogP contribution in [0.15, 0.2) is 12.7 Å². The molecule has 13 heavy (non-hydrogen) atoms. The third-order valence-corrected chi connectivity index (χ3v) is 1.73. The zero-order valence-electron chi connectivity index (χ0n) is 8.34. The molecule has 3 nitrogen and oxygen atoms in total. The molecule has 0 bridgehead atoms. The Balaban J connectivity index is 3.53. The lowest BCUT2D eigenvalue weighted by Crippen LogP contribution is -2.36. The van der Waals surface area contributed by atoms with Crippen molar-refractivity contribution in [3.05, 3.63) is 12.7 Å². The van der Waals surface area contributed by atoms with Crippen LogP contribution in [0.1, 0.15) is 6.42 Å². The van der Waals surface area contributed by atoms with Crippen molar-refractivity contribution in [3.63, 3.8) is 0 Å². The highest BCUT2D eigenvalue weighted by atomic mass is 16.1. The van der Waals surface area contributed by atoms with E-state index in [2.05, 4.69) is 17.9 Å². The van der Waals surface area contributed by atoms with Crippen LogP contribution in [0.4, 0.5) is 0 Å². The summed E-state index contributed by atoms with van der Waals surface area (Å²) in [6, 6.07) is 2.65. The van der Waals surface area contributed by atoms with E-state index in [4.69, 9.17) is 6.42 Å². The van der Waals surface area contributed by atoms with Gasteiger partial charge in [-0.2, -0.15) is 0 Å². The maximum Gasteiger partial charge on any atom is 0.243 e. The molecule has 0 atom stereocenters. The second-order valence-electron chi connectivity index (χ2n) is 3.39. The van der Waals surface area contributed by atoms with Gasteiger partial charge >= 0.3 is 0 Å². The van der Waals surface area contributed by atoms with Crippen LogP contribution in [0.3, 0.4) is 0 Å². The van der Waals surface area contributed by atoms with E-state index < -0.39 is 0 Å². The molecule has 0 heterocycles. The van der Waals surface area contributed by atoms with Gasteiger partial charge in [0.2, 0.25) is 5.91 Å². The molecule has 0 spiro atoms. The van der Waals surface area contributed by atoms with Crippen molar-refractivity contribution in [3.8, 4) is 12.5 Å². The number of amides is 1. The van der Waals surface area contributed by atoms with E-state index in [9.17, 15) is 4.79 Å². The first-order valence-corrected chi connectivity index (χ1v) is 4.23.